The SMILES string of the molecule is O=P(c1ccccc1)(c1ccccc1)c1ccc(-c2ccc(-c3ccc4c5ccccc5n5c6ccccc6nc5c4c3)cc2)cc1.O=P(c1ccccc1)(c1ccccc1)c1ccc(-c2ccc3c4ccccc4c4nc5ccccc5n4c3c2)cc1.O=P(c1ccccc1)(c1ccccc1)c1ccc2cc(-c3ccc(-c4ccc5c6ccccc6n6c7ccccc7nc6c5c4)cc3)ccc2c1. The Labute approximate surface area is 802 Å². The molecule has 0 atom stereocenters. The number of rotatable bonds is 14. The lowest BCUT2D eigenvalue weighted by Gasteiger charge is -2.20. The van der Waals surface area contributed by atoms with Crippen molar-refractivity contribution < 1.29 is 13.7 Å². The third-order valence-electron chi connectivity index (χ3n) is 27.6. The molecule has 0 aliphatic carbocycles. The molecule has 6 aromatic heterocycles. The van der Waals surface area contributed by atoms with Crippen LogP contribution in [0.1, 0.15) is 0 Å². The van der Waals surface area contributed by atoms with Crippen LogP contribution < -0.4 is 47.7 Å². The summed E-state index contributed by atoms with van der Waals surface area (Å²) in [5.41, 5.74) is 24.0. The number of nitrogens with zero attached hydrogens (tertiary/aromatic N) is 6. The Morgan fingerprint density at radius 2 is 0.367 bits per heavy atom. The number of para-hydroxylation sites is 8. The molecule has 0 bridgehead atoms. The molecular weight excluding hydrogens is 1750 g/mol. The van der Waals surface area contributed by atoms with Crippen LogP contribution in [0, 0.1) is 0 Å². The third kappa shape index (κ3) is 14.5. The molecule has 9 nitrogen and oxygen atoms in total. The number of fused-ring (bicyclic) bond motifs is 25. The molecule has 0 unspecified atom stereocenters. The molecule has 0 amide bonds. The molecule has 0 saturated heterocycles. The first-order chi connectivity index (χ1) is 68.5. The molecule has 0 N–H and O–H groups in total. The van der Waals surface area contributed by atoms with Crippen molar-refractivity contribution in [3.63, 3.8) is 0 Å². The minimum absolute atomic E-state index is 0.827. The second kappa shape index (κ2) is 34.7. The van der Waals surface area contributed by atoms with Crippen molar-refractivity contribution >= 4 is 195 Å². The minimum atomic E-state index is -3.04. The monoisotopic (exact) mass is 1830 g/mol. The van der Waals surface area contributed by atoms with E-state index in [1.807, 2.05) is 224 Å². The predicted octanol–water partition coefficient (Wildman–Crippen LogP) is 28.8. The molecule has 27 rings (SSSR count). The van der Waals surface area contributed by atoms with Crippen molar-refractivity contribution in [1.82, 2.24) is 28.2 Å². The number of pyridine rings is 3. The second-order valence-corrected chi connectivity index (χ2v) is 43.8. The largest absolute Gasteiger partial charge is 0.309 e. The summed E-state index contributed by atoms with van der Waals surface area (Å²) < 4.78 is 51.4. The average Bonchev–Trinajstić information content (AvgIpc) is 1.60. The second-order valence-electron chi connectivity index (χ2n) is 35.4. The number of aromatic nitrogens is 6. The van der Waals surface area contributed by atoms with Gasteiger partial charge in [0.15, 0.2) is 21.4 Å². The molecule has 27 aromatic rings. The normalized spacial score (nSPS) is 12.0. The molecule has 0 aliphatic rings. The maximum atomic E-state index is 14.9. The Kier molecular flexibility index (Phi) is 20.9. The lowest BCUT2D eigenvalue weighted by molar-refractivity contribution is 0.591. The van der Waals surface area contributed by atoms with E-state index >= 15 is 0 Å². The average molecular weight is 1840 g/mol. The van der Waals surface area contributed by atoms with Gasteiger partial charge in [-0.25, -0.2) is 15.0 Å². The summed E-state index contributed by atoms with van der Waals surface area (Å²) in [6.07, 6.45) is 0. The van der Waals surface area contributed by atoms with Gasteiger partial charge >= 0.3 is 0 Å². The molecule has 0 radical (unpaired) electrons. The number of benzene rings is 21. The van der Waals surface area contributed by atoms with Crippen LogP contribution in [0.15, 0.2) is 516 Å². The van der Waals surface area contributed by atoms with Gasteiger partial charge in [0.05, 0.1) is 49.7 Å². The highest BCUT2D eigenvalue weighted by Crippen LogP contribution is 2.48. The van der Waals surface area contributed by atoms with Crippen LogP contribution in [-0.4, -0.2) is 28.2 Å². The lowest BCUT2D eigenvalue weighted by Crippen LogP contribution is -2.24. The number of imidazole rings is 3. The molecule has 0 saturated carbocycles. The quantitative estimate of drug-likeness (QED) is 0.0794. The van der Waals surface area contributed by atoms with Gasteiger partial charge in [0.25, 0.3) is 0 Å². The van der Waals surface area contributed by atoms with E-state index in [-0.39, 0.29) is 0 Å². The van der Waals surface area contributed by atoms with Crippen LogP contribution in [0.2, 0.25) is 0 Å². The zero-order valence-corrected chi connectivity index (χ0v) is 78.0. The highest BCUT2D eigenvalue weighted by atomic mass is 31.2. The van der Waals surface area contributed by atoms with Crippen molar-refractivity contribution in [3.8, 4) is 55.6 Å². The van der Waals surface area contributed by atoms with Gasteiger partial charge < -0.3 is 13.7 Å². The first-order valence-electron chi connectivity index (χ1n) is 46.8. The van der Waals surface area contributed by atoms with E-state index < -0.39 is 21.4 Å². The lowest BCUT2D eigenvalue weighted by atomic mass is 9.96. The van der Waals surface area contributed by atoms with Gasteiger partial charge in [-0.15, -0.1) is 0 Å². The Morgan fingerprint density at radius 1 is 0.144 bits per heavy atom. The van der Waals surface area contributed by atoms with Gasteiger partial charge in [0.1, 0.15) is 16.9 Å². The van der Waals surface area contributed by atoms with Crippen LogP contribution in [0.25, 0.3) is 181 Å². The molecule has 12 heteroatoms. The summed E-state index contributed by atoms with van der Waals surface area (Å²) in [5.74, 6) is 0. The van der Waals surface area contributed by atoms with Crippen LogP contribution in [0.3, 0.4) is 0 Å². The van der Waals surface area contributed by atoms with Crippen molar-refractivity contribution in [2.45, 2.75) is 0 Å². The van der Waals surface area contributed by atoms with Crippen LogP contribution in [-0.2, 0) is 13.7 Å². The van der Waals surface area contributed by atoms with E-state index in [1.54, 1.807) is 0 Å². The fourth-order valence-corrected chi connectivity index (χ4v) is 28.7. The van der Waals surface area contributed by atoms with Gasteiger partial charge in [-0.1, -0.05) is 437 Å². The van der Waals surface area contributed by atoms with Gasteiger partial charge in [-0.2, -0.15) is 0 Å². The fraction of sp³-hybridized carbons (Fsp3) is 0. The van der Waals surface area contributed by atoms with E-state index in [1.165, 1.54) is 37.8 Å². The standard InChI is InChI=1S/C47H31N2OP.C43H29N2OP.C37H25N2OP/c50-51(38-11-3-1-4-12-38,39-13-5-2-6-14-39)40-27-25-35-29-34(23-24-36(35)30-40)32-19-21-33(22-20-32)37-26-28-41-42-15-7-9-17-45(42)49-46-18-10-8-16-44(46)48-47(49)43(41)31-37;46-47(34-11-3-1-4-12-34,35-13-5-2-6-14-35)36-26-23-31(24-27-36)30-19-21-32(22-20-30)33-25-28-37-38-15-7-9-17-41(38)45-42-18-10-8-16-40(42)44-43(45)39(37)29-33;40-41(28-11-3-1-4-12-28,29-13-5-2-6-14-29)30-22-19-26(20-23-30)27-21-24-32-31-15-7-8-16-33(31)37-38-34-17-9-10-18-35(34)39(37)36(32)25-27/h1-31H;1-29H;1-25H. The molecule has 656 valence electrons. The predicted molar refractivity (Wildman–Crippen MR) is 586 cm³/mol. The highest BCUT2D eigenvalue weighted by Gasteiger charge is 2.33. The zero-order chi connectivity index (χ0) is 92.7. The summed E-state index contributed by atoms with van der Waals surface area (Å²) in [6.45, 7) is 0. The first-order valence-corrected chi connectivity index (χ1v) is 51.9. The molecule has 6 heterocycles. The fourth-order valence-electron chi connectivity index (χ4n) is 20.7. The van der Waals surface area contributed by atoms with Gasteiger partial charge in [-0.05, 0) is 161 Å². The number of hydrogen-bond donors (Lipinski definition) is 0. The van der Waals surface area contributed by atoms with Gasteiger partial charge in [0, 0.05) is 80.1 Å². The summed E-state index contributed by atoms with van der Waals surface area (Å²) in [5, 5.41) is 20.4. The Balaban J connectivity index is 0.000000111. The summed E-state index contributed by atoms with van der Waals surface area (Å²) in [7, 11) is -9.07. The Morgan fingerprint density at radius 3 is 0.748 bits per heavy atom. The van der Waals surface area contributed by atoms with E-state index in [9.17, 15) is 13.7 Å². The van der Waals surface area contributed by atoms with Crippen molar-refractivity contribution in [2.75, 3.05) is 0 Å². The van der Waals surface area contributed by atoms with E-state index in [0.29, 0.717) is 0 Å². The minimum Gasteiger partial charge on any atom is -0.309 e. The molecule has 0 aliphatic heterocycles. The third-order valence-corrected chi connectivity index (χ3v) is 36.8. The van der Waals surface area contributed by atoms with E-state index in [2.05, 4.69) is 304 Å². The highest BCUT2D eigenvalue weighted by molar-refractivity contribution is 7.86. The molecule has 139 heavy (non-hydrogen) atoms. The molecule has 0 spiro atoms. The van der Waals surface area contributed by atoms with E-state index in [4.69, 9.17) is 15.0 Å². The maximum absolute atomic E-state index is 14.9. The van der Waals surface area contributed by atoms with Crippen LogP contribution >= 0.6 is 21.4 Å². The van der Waals surface area contributed by atoms with Gasteiger partial charge in [-0.3, -0.25) is 13.2 Å². The first kappa shape index (κ1) is 83.8. The molecule has 21 aromatic carbocycles. The summed E-state index contributed by atoms with van der Waals surface area (Å²) in [4.78, 5) is 15.2. The van der Waals surface area contributed by atoms with Crippen molar-refractivity contribution in [3.05, 3.63) is 516 Å². The molecular formula is C127H85N6O3P3. The van der Waals surface area contributed by atoms with Crippen LogP contribution in [0.5, 0.6) is 0 Å². The topological polar surface area (TPSA) is 103 Å². The van der Waals surface area contributed by atoms with Gasteiger partial charge in [0.2, 0.25) is 0 Å². The smallest absolute Gasteiger partial charge is 0.171 e. The van der Waals surface area contributed by atoms with Crippen LogP contribution in [0.4, 0.5) is 0 Å². The summed E-state index contributed by atoms with van der Waals surface area (Å²) >= 11 is 0. The summed E-state index contributed by atoms with van der Waals surface area (Å²) in [6, 6.07) is 177. The van der Waals surface area contributed by atoms with Crippen molar-refractivity contribution in [2.24, 2.45) is 0 Å². The maximum Gasteiger partial charge on any atom is 0.171 e. The Bertz CT molecular complexity index is 9510. The zero-order valence-electron chi connectivity index (χ0n) is 75.3. The molecule has 0 fully saturated rings. The number of hydrogen-bond acceptors (Lipinski definition) is 6. The Hall–Kier alpha value is -17.0. The van der Waals surface area contributed by atoms with E-state index in [0.717, 1.165) is 191 Å². The van der Waals surface area contributed by atoms with Crippen molar-refractivity contribution in [1.29, 1.82) is 0 Å².